The van der Waals surface area contributed by atoms with Crippen LogP contribution in [0.3, 0.4) is 0 Å². The fraction of sp³-hybridized carbons (Fsp3) is 0.400. The van der Waals surface area contributed by atoms with Crippen molar-refractivity contribution >= 4 is 5.91 Å². The smallest absolute Gasteiger partial charge is 0.331 e. The quantitative estimate of drug-likeness (QED) is 0.900. The van der Waals surface area contributed by atoms with Crippen molar-refractivity contribution in [2.75, 3.05) is 6.54 Å². The lowest BCUT2D eigenvalue weighted by Gasteiger charge is -2.34. The Morgan fingerprint density at radius 2 is 1.83 bits per heavy atom. The molecular weight excluding hydrogens is 323 g/mol. The molecule has 128 valence electrons. The second-order valence-corrected chi connectivity index (χ2v) is 5.88. The summed E-state index contributed by atoms with van der Waals surface area (Å²) in [7, 11) is 0. The Kier molecular flexibility index (Phi) is 3.83. The standard InChI is InChI=1S/C15H16F3N5O/c1-14(19,10-5-3-2-4-6-10)13(24)22-7-8-23-11(9-22)20-21-12(23)15(16,17)18/h2-6H,7-9,19H2,1H3. The van der Waals surface area contributed by atoms with Gasteiger partial charge in [0.2, 0.25) is 11.7 Å². The van der Waals surface area contributed by atoms with Gasteiger partial charge in [0.25, 0.3) is 0 Å². The highest BCUT2D eigenvalue weighted by Gasteiger charge is 2.41. The fourth-order valence-electron chi connectivity index (χ4n) is 2.78. The number of nitrogens with zero attached hydrogens (tertiary/aromatic N) is 4. The average molecular weight is 339 g/mol. The number of hydrogen-bond acceptors (Lipinski definition) is 4. The van der Waals surface area contributed by atoms with E-state index >= 15 is 0 Å². The maximum absolute atomic E-state index is 12.9. The van der Waals surface area contributed by atoms with Gasteiger partial charge in [-0.25, -0.2) is 0 Å². The van der Waals surface area contributed by atoms with E-state index in [0.29, 0.717) is 5.56 Å². The molecule has 1 aliphatic rings. The van der Waals surface area contributed by atoms with E-state index in [-0.39, 0.29) is 31.4 Å². The average Bonchev–Trinajstić information content (AvgIpc) is 2.98. The molecule has 1 amide bonds. The molecule has 0 fully saturated rings. The number of halogens is 3. The molecule has 2 heterocycles. The molecular formula is C15H16F3N5O. The third-order valence-corrected chi connectivity index (χ3v) is 4.11. The summed E-state index contributed by atoms with van der Waals surface area (Å²) in [5.41, 5.74) is 5.56. The van der Waals surface area contributed by atoms with E-state index in [9.17, 15) is 18.0 Å². The Morgan fingerprint density at radius 1 is 1.17 bits per heavy atom. The van der Waals surface area contributed by atoms with Crippen molar-refractivity contribution in [3.63, 3.8) is 0 Å². The van der Waals surface area contributed by atoms with Crippen LogP contribution in [0.2, 0.25) is 0 Å². The minimum absolute atomic E-state index is 0.0201. The van der Waals surface area contributed by atoms with Gasteiger partial charge in [0.1, 0.15) is 5.54 Å². The van der Waals surface area contributed by atoms with Crippen LogP contribution < -0.4 is 5.73 Å². The van der Waals surface area contributed by atoms with Gasteiger partial charge in [-0.05, 0) is 12.5 Å². The van der Waals surface area contributed by atoms with Gasteiger partial charge in [0.15, 0.2) is 5.82 Å². The summed E-state index contributed by atoms with van der Waals surface area (Å²) >= 11 is 0. The van der Waals surface area contributed by atoms with Crippen molar-refractivity contribution in [3.8, 4) is 0 Å². The number of carbonyl (C=O) groups is 1. The minimum Gasteiger partial charge on any atom is -0.331 e. The maximum Gasteiger partial charge on any atom is 0.451 e. The summed E-state index contributed by atoms with van der Waals surface area (Å²) in [5, 5.41) is 6.77. The summed E-state index contributed by atoms with van der Waals surface area (Å²) < 4.78 is 39.6. The molecule has 0 saturated carbocycles. The molecule has 1 unspecified atom stereocenters. The van der Waals surface area contributed by atoms with Crippen LogP contribution in [-0.4, -0.2) is 32.1 Å². The monoisotopic (exact) mass is 339 g/mol. The summed E-state index contributed by atoms with van der Waals surface area (Å²) in [6.45, 7) is 1.63. The lowest BCUT2D eigenvalue weighted by molar-refractivity contribution is -0.148. The van der Waals surface area contributed by atoms with E-state index in [0.717, 1.165) is 4.57 Å². The molecule has 1 aliphatic heterocycles. The number of rotatable bonds is 2. The van der Waals surface area contributed by atoms with Gasteiger partial charge in [0, 0.05) is 13.1 Å². The molecule has 0 aliphatic carbocycles. The molecule has 1 aromatic carbocycles. The molecule has 2 aromatic rings. The van der Waals surface area contributed by atoms with E-state index in [1.54, 1.807) is 31.2 Å². The molecule has 1 aromatic heterocycles. The van der Waals surface area contributed by atoms with Crippen LogP contribution in [0.1, 0.15) is 24.1 Å². The van der Waals surface area contributed by atoms with Crippen molar-refractivity contribution in [2.24, 2.45) is 5.73 Å². The molecule has 0 radical (unpaired) electrons. The maximum atomic E-state index is 12.9. The van der Waals surface area contributed by atoms with Crippen molar-refractivity contribution in [1.29, 1.82) is 0 Å². The zero-order valence-electron chi connectivity index (χ0n) is 12.9. The molecule has 0 saturated heterocycles. The van der Waals surface area contributed by atoms with Crippen molar-refractivity contribution in [3.05, 3.63) is 47.5 Å². The summed E-state index contributed by atoms with van der Waals surface area (Å²) in [6, 6.07) is 8.84. The van der Waals surface area contributed by atoms with Crippen LogP contribution in [0.25, 0.3) is 0 Å². The first-order valence-corrected chi connectivity index (χ1v) is 7.34. The molecule has 3 rings (SSSR count). The third kappa shape index (κ3) is 2.75. The fourth-order valence-corrected chi connectivity index (χ4v) is 2.78. The second-order valence-electron chi connectivity index (χ2n) is 5.88. The molecule has 2 N–H and O–H groups in total. The van der Waals surface area contributed by atoms with E-state index in [2.05, 4.69) is 10.2 Å². The van der Waals surface area contributed by atoms with E-state index in [1.807, 2.05) is 6.07 Å². The highest BCUT2D eigenvalue weighted by Crippen LogP contribution is 2.30. The molecule has 0 bridgehead atoms. The largest absolute Gasteiger partial charge is 0.451 e. The lowest BCUT2D eigenvalue weighted by Crippen LogP contribution is -2.52. The van der Waals surface area contributed by atoms with E-state index in [1.165, 1.54) is 4.90 Å². The van der Waals surface area contributed by atoms with Crippen LogP contribution in [0.5, 0.6) is 0 Å². The first-order valence-electron chi connectivity index (χ1n) is 7.34. The summed E-state index contributed by atoms with van der Waals surface area (Å²) in [5.74, 6) is -1.30. The zero-order valence-corrected chi connectivity index (χ0v) is 12.9. The molecule has 1 atom stereocenters. The molecule has 0 spiro atoms. The van der Waals surface area contributed by atoms with Gasteiger partial charge in [-0.2, -0.15) is 13.2 Å². The molecule has 24 heavy (non-hydrogen) atoms. The van der Waals surface area contributed by atoms with E-state index in [4.69, 9.17) is 5.73 Å². The number of nitrogens with two attached hydrogens (primary N) is 1. The third-order valence-electron chi connectivity index (χ3n) is 4.11. The highest BCUT2D eigenvalue weighted by molar-refractivity contribution is 5.87. The first-order chi connectivity index (χ1) is 11.2. The topological polar surface area (TPSA) is 77.0 Å². The second kappa shape index (κ2) is 5.59. The van der Waals surface area contributed by atoms with Gasteiger partial charge in [-0.15, -0.1) is 10.2 Å². The number of fused-ring (bicyclic) bond motifs is 1. The van der Waals surface area contributed by atoms with Gasteiger partial charge >= 0.3 is 6.18 Å². The van der Waals surface area contributed by atoms with Crippen molar-refractivity contribution in [1.82, 2.24) is 19.7 Å². The number of amides is 1. The highest BCUT2D eigenvalue weighted by atomic mass is 19.4. The van der Waals surface area contributed by atoms with Crippen LogP contribution in [-0.2, 0) is 29.6 Å². The van der Waals surface area contributed by atoms with Crippen molar-refractivity contribution in [2.45, 2.75) is 31.7 Å². The first kappa shape index (κ1) is 16.4. The van der Waals surface area contributed by atoms with Crippen LogP contribution in [0.15, 0.2) is 30.3 Å². The van der Waals surface area contributed by atoms with Crippen LogP contribution >= 0.6 is 0 Å². The summed E-state index contributed by atoms with van der Waals surface area (Å²) in [4.78, 5) is 14.2. The Hall–Kier alpha value is -2.42. The van der Waals surface area contributed by atoms with Gasteiger partial charge in [0.05, 0.1) is 6.54 Å². The van der Waals surface area contributed by atoms with E-state index < -0.39 is 17.5 Å². The Balaban J connectivity index is 1.83. The molecule has 9 heteroatoms. The Labute approximate surface area is 136 Å². The Morgan fingerprint density at radius 3 is 2.46 bits per heavy atom. The molecule has 6 nitrogen and oxygen atoms in total. The summed E-state index contributed by atoms with van der Waals surface area (Å²) in [6.07, 6.45) is -4.57. The SMILES string of the molecule is CC(N)(C(=O)N1CCn2c(nnc2C(F)(F)F)C1)c1ccccc1. The predicted octanol–water partition coefficient (Wildman–Crippen LogP) is 1.51. The zero-order chi connectivity index (χ0) is 17.5. The predicted molar refractivity (Wildman–Crippen MR) is 78.4 cm³/mol. The lowest BCUT2D eigenvalue weighted by atomic mass is 9.91. The van der Waals surface area contributed by atoms with Crippen molar-refractivity contribution < 1.29 is 18.0 Å². The number of benzene rings is 1. The Bertz CT molecular complexity index is 754. The number of aromatic nitrogens is 3. The van der Waals surface area contributed by atoms with Crippen LogP contribution in [0.4, 0.5) is 13.2 Å². The number of hydrogen-bond donors (Lipinski definition) is 1. The number of alkyl halides is 3. The number of carbonyl (C=O) groups excluding carboxylic acids is 1. The van der Waals surface area contributed by atoms with Gasteiger partial charge in [-0.3, -0.25) is 4.79 Å². The van der Waals surface area contributed by atoms with Gasteiger partial charge < -0.3 is 15.2 Å². The van der Waals surface area contributed by atoms with Crippen LogP contribution in [0, 0.1) is 0 Å². The normalized spacial score (nSPS) is 17.3. The van der Waals surface area contributed by atoms with Gasteiger partial charge in [-0.1, -0.05) is 30.3 Å². The minimum atomic E-state index is -4.57.